The van der Waals surface area contributed by atoms with E-state index in [0.29, 0.717) is 5.92 Å². The molecule has 3 nitrogen and oxygen atoms in total. The smallest absolute Gasteiger partial charge is 0.120 e. The fourth-order valence-electron chi connectivity index (χ4n) is 2.46. The molecule has 0 saturated carbocycles. The molecular weight excluding hydrogens is 274 g/mol. The molecule has 1 aliphatic heterocycles. The molecule has 0 radical (unpaired) electrons. The summed E-state index contributed by atoms with van der Waals surface area (Å²) in [7, 11) is 0. The topological polar surface area (TPSA) is 44.5 Å². The average Bonchev–Trinajstić information content (AvgIpc) is 2.38. The van der Waals surface area contributed by atoms with Gasteiger partial charge in [0.15, 0.2) is 0 Å². The molecule has 0 aliphatic carbocycles. The summed E-state index contributed by atoms with van der Waals surface area (Å²) in [5.41, 5.74) is 7.38. The largest absolute Gasteiger partial charge is 0.488 e. The van der Waals surface area contributed by atoms with Crippen LogP contribution < -0.4 is 10.5 Å². The Balaban J connectivity index is 0.00000200. The van der Waals surface area contributed by atoms with Crippen LogP contribution in [0, 0.1) is 5.92 Å². The van der Waals surface area contributed by atoms with Gasteiger partial charge in [-0.1, -0.05) is 12.1 Å². The predicted octanol–water partition coefficient (Wildman–Crippen LogP) is 3.71. The Kier molecular flexibility index (Phi) is 6.31. The van der Waals surface area contributed by atoms with Crippen LogP contribution in [-0.2, 0) is 4.74 Å². The number of hydrogen-bond acceptors (Lipinski definition) is 3. The van der Waals surface area contributed by atoms with Crippen molar-refractivity contribution < 1.29 is 9.47 Å². The first kappa shape index (κ1) is 17.3. The zero-order valence-electron chi connectivity index (χ0n) is 12.6. The summed E-state index contributed by atoms with van der Waals surface area (Å²) in [6.45, 7) is 7.82. The van der Waals surface area contributed by atoms with Crippen LogP contribution in [0.2, 0.25) is 0 Å². The summed E-state index contributed by atoms with van der Waals surface area (Å²) in [6.07, 6.45) is 2.11. The Morgan fingerprint density at radius 1 is 1.15 bits per heavy atom. The van der Waals surface area contributed by atoms with Crippen molar-refractivity contribution in [3.05, 3.63) is 29.8 Å². The fraction of sp³-hybridized carbons (Fsp3) is 0.625. The number of halogens is 1. The van der Waals surface area contributed by atoms with Crippen LogP contribution in [0.25, 0.3) is 0 Å². The molecule has 1 aromatic rings. The Morgan fingerprint density at radius 2 is 1.70 bits per heavy atom. The molecule has 114 valence electrons. The number of hydrogen-bond donors (Lipinski definition) is 1. The standard InChI is InChI=1S/C16H25NO2.ClH/c1-16(2,3)19-14-6-4-12(5-7-14)15(17)13-8-10-18-11-9-13;/h4-7,13,15H,8-11,17H2,1-3H3;1H/t15-;/m1./s1. The second-order valence-electron chi connectivity index (χ2n) is 6.26. The molecule has 2 N–H and O–H groups in total. The van der Waals surface area contributed by atoms with Gasteiger partial charge >= 0.3 is 0 Å². The van der Waals surface area contributed by atoms with E-state index in [1.54, 1.807) is 0 Å². The van der Waals surface area contributed by atoms with Crippen LogP contribution in [0.5, 0.6) is 5.75 Å². The van der Waals surface area contributed by atoms with E-state index in [9.17, 15) is 0 Å². The predicted molar refractivity (Wildman–Crippen MR) is 84.5 cm³/mol. The van der Waals surface area contributed by atoms with Crippen molar-refractivity contribution in [2.75, 3.05) is 13.2 Å². The lowest BCUT2D eigenvalue weighted by Gasteiger charge is -2.28. The lowest BCUT2D eigenvalue weighted by atomic mass is 9.88. The molecule has 0 aromatic heterocycles. The first-order valence-electron chi connectivity index (χ1n) is 7.08. The molecule has 1 atom stereocenters. The molecule has 4 heteroatoms. The van der Waals surface area contributed by atoms with Gasteiger partial charge in [-0.25, -0.2) is 0 Å². The second-order valence-corrected chi connectivity index (χ2v) is 6.26. The number of rotatable bonds is 3. The molecule has 1 heterocycles. The molecule has 2 rings (SSSR count). The molecule has 1 fully saturated rings. The first-order valence-corrected chi connectivity index (χ1v) is 7.08. The van der Waals surface area contributed by atoms with E-state index < -0.39 is 0 Å². The third-order valence-electron chi connectivity index (χ3n) is 3.46. The van der Waals surface area contributed by atoms with Gasteiger partial charge in [-0.2, -0.15) is 0 Å². The van der Waals surface area contributed by atoms with Crippen molar-refractivity contribution in [2.24, 2.45) is 11.7 Å². The first-order chi connectivity index (χ1) is 8.96. The SMILES string of the molecule is CC(C)(C)Oc1ccc([C@@H](N)C2CCOCC2)cc1.Cl. The zero-order valence-corrected chi connectivity index (χ0v) is 13.4. The van der Waals surface area contributed by atoms with E-state index in [1.165, 1.54) is 5.56 Å². The maximum atomic E-state index is 6.35. The van der Waals surface area contributed by atoms with Gasteiger partial charge in [0.2, 0.25) is 0 Å². The third-order valence-corrected chi connectivity index (χ3v) is 3.46. The summed E-state index contributed by atoms with van der Waals surface area (Å²) < 4.78 is 11.2. The Bertz CT molecular complexity index is 394. The summed E-state index contributed by atoms with van der Waals surface area (Å²) in [5.74, 6) is 1.43. The van der Waals surface area contributed by atoms with E-state index in [1.807, 2.05) is 12.1 Å². The van der Waals surface area contributed by atoms with E-state index in [0.717, 1.165) is 31.8 Å². The van der Waals surface area contributed by atoms with Crippen molar-refractivity contribution in [1.29, 1.82) is 0 Å². The van der Waals surface area contributed by atoms with Crippen LogP contribution in [0.3, 0.4) is 0 Å². The molecule has 1 aromatic carbocycles. The Morgan fingerprint density at radius 3 is 2.20 bits per heavy atom. The van der Waals surface area contributed by atoms with Gasteiger partial charge in [0, 0.05) is 19.3 Å². The highest BCUT2D eigenvalue weighted by atomic mass is 35.5. The van der Waals surface area contributed by atoms with Crippen molar-refractivity contribution in [1.82, 2.24) is 0 Å². The number of nitrogens with two attached hydrogens (primary N) is 1. The minimum atomic E-state index is -0.162. The van der Waals surface area contributed by atoms with Crippen molar-refractivity contribution in [2.45, 2.75) is 45.3 Å². The van der Waals surface area contributed by atoms with Crippen molar-refractivity contribution in [3.63, 3.8) is 0 Å². The minimum Gasteiger partial charge on any atom is -0.488 e. The summed E-state index contributed by atoms with van der Waals surface area (Å²) in [5, 5.41) is 0. The molecule has 1 aliphatic rings. The number of ether oxygens (including phenoxy) is 2. The van der Waals surface area contributed by atoms with Crippen LogP contribution in [0.1, 0.15) is 45.2 Å². The van der Waals surface area contributed by atoms with Crippen molar-refractivity contribution >= 4 is 12.4 Å². The molecule has 0 unspecified atom stereocenters. The fourth-order valence-corrected chi connectivity index (χ4v) is 2.46. The van der Waals surface area contributed by atoms with E-state index >= 15 is 0 Å². The van der Waals surface area contributed by atoms with Gasteiger partial charge in [-0.05, 0) is 57.2 Å². The quantitative estimate of drug-likeness (QED) is 0.925. The molecule has 0 bridgehead atoms. The van der Waals surface area contributed by atoms with E-state index in [4.69, 9.17) is 15.2 Å². The zero-order chi connectivity index (χ0) is 13.9. The van der Waals surface area contributed by atoms with Crippen LogP contribution >= 0.6 is 12.4 Å². The molecule has 20 heavy (non-hydrogen) atoms. The van der Waals surface area contributed by atoms with Crippen molar-refractivity contribution in [3.8, 4) is 5.75 Å². The minimum absolute atomic E-state index is 0. The van der Waals surface area contributed by atoms with Gasteiger partial charge < -0.3 is 15.2 Å². The summed E-state index contributed by atoms with van der Waals surface area (Å²) in [4.78, 5) is 0. The van der Waals surface area contributed by atoms with Gasteiger partial charge in [-0.15, -0.1) is 12.4 Å². The van der Waals surface area contributed by atoms with Gasteiger partial charge in [0.05, 0.1) is 0 Å². The summed E-state index contributed by atoms with van der Waals surface area (Å²) >= 11 is 0. The van der Waals surface area contributed by atoms with Gasteiger partial charge in [-0.3, -0.25) is 0 Å². The molecule has 1 saturated heterocycles. The lowest BCUT2D eigenvalue weighted by molar-refractivity contribution is 0.0583. The highest BCUT2D eigenvalue weighted by Gasteiger charge is 2.22. The van der Waals surface area contributed by atoms with Gasteiger partial charge in [0.1, 0.15) is 11.4 Å². The van der Waals surface area contributed by atoms with Gasteiger partial charge in [0.25, 0.3) is 0 Å². The normalized spacial score (nSPS) is 18.2. The lowest BCUT2D eigenvalue weighted by Crippen LogP contribution is -2.27. The monoisotopic (exact) mass is 299 g/mol. The second kappa shape index (κ2) is 7.30. The van der Waals surface area contributed by atoms with E-state index in [2.05, 4.69) is 32.9 Å². The van der Waals surface area contributed by atoms with Crippen LogP contribution in [0.15, 0.2) is 24.3 Å². The van der Waals surface area contributed by atoms with Crippen LogP contribution in [-0.4, -0.2) is 18.8 Å². The molecular formula is C16H26ClNO2. The Labute approximate surface area is 128 Å². The molecule has 0 amide bonds. The molecule has 0 spiro atoms. The van der Waals surface area contributed by atoms with E-state index in [-0.39, 0.29) is 24.0 Å². The van der Waals surface area contributed by atoms with Crippen LogP contribution in [0.4, 0.5) is 0 Å². The summed E-state index contributed by atoms with van der Waals surface area (Å²) in [6, 6.07) is 8.30. The number of benzene rings is 1. The maximum absolute atomic E-state index is 6.35. The average molecular weight is 300 g/mol. The maximum Gasteiger partial charge on any atom is 0.120 e. The highest BCUT2D eigenvalue weighted by Crippen LogP contribution is 2.29. The highest BCUT2D eigenvalue weighted by molar-refractivity contribution is 5.85. The third kappa shape index (κ3) is 4.97. The Hall–Kier alpha value is -0.770.